The molecular weight excluding hydrogens is 202 g/mol. The lowest BCUT2D eigenvalue weighted by Crippen LogP contribution is -2.13. The minimum Gasteiger partial charge on any atom is -0.247 e. The summed E-state index contributed by atoms with van der Waals surface area (Å²) in [5.41, 5.74) is 1.19. The van der Waals surface area contributed by atoms with E-state index in [1.807, 2.05) is 6.92 Å². The van der Waals surface area contributed by atoms with Crippen LogP contribution in [0.2, 0.25) is 0 Å². The summed E-state index contributed by atoms with van der Waals surface area (Å²) in [6, 6.07) is 0. The number of hydrogen-bond acceptors (Lipinski definition) is 2. The molecule has 1 aromatic heterocycles. The van der Waals surface area contributed by atoms with E-state index >= 15 is 0 Å². The molecule has 0 aliphatic rings. The van der Waals surface area contributed by atoms with Gasteiger partial charge in [-0.3, -0.25) is 0 Å². The van der Waals surface area contributed by atoms with E-state index in [9.17, 15) is 0 Å². The molecule has 0 aliphatic heterocycles. The third-order valence-corrected chi connectivity index (χ3v) is 3.77. The van der Waals surface area contributed by atoms with Gasteiger partial charge in [-0.15, -0.1) is 22.9 Å². The number of halogens is 1. The monoisotopic (exact) mass is 217 g/mol. The van der Waals surface area contributed by atoms with Crippen LogP contribution in [-0.2, 0) is 6.42 Å². The first-order valence-electron chi connectivity index (χ1n) is 4.68. The van der Waals surface area contributed by atoms with E-state index in [1.165, 1.54) is 5.69 Å². The number of hydrogen-bond donors (Lipinski definition) is 0. The van der Waals surface area contributed by atoms with Gasteiger partial charge in [-0.2, -0.15) is 0 Å². The highest BCUT2D eigenvalue weighted by Crippen LogP contribution is 2.19. The summed E-state index contributed by atoms with van der Waals surface area (Å²) >= 11 is 7.86. The molecule has 1 heterocycles. The smallest absolute Gasteiger partial charge is 0.0897 e. The first-order chi connectivity index (χ1) is 6.13. The molecule has 1 rings (SSSR count). The Morgan fingerprint density at radius 2 is 2.31 bits per heavy atom. The van der Waals surface area contributed by atoms with Crippen LogP contribution in [0.25, 0.3) is 0 Å². The van der Waals surface area contributed by atoms with Crippen LogP contribution >= 0.6 is 22.9 Å². The van der Waals surface area contributed by atoms with Gasteiger partial charge in [0.15, 0.2) is 0 Å². The molecule has 0 fully saturated rings. The third kappa shape index (κ3) is 3.28. The SMILES string of the molecule is CCC(Cl)C(C)Cc1csc(C)n1. The lowest BCUT2D eigenvalue weighted by atomic mass is 10.0. The Morgan fingerprint density at radius 1 is 1.62 bits per heavy atom. The average molecular weight is 218 g/mol. The summed E-state index contributed by atoms with van der Waals surface area (Å²) in [6.45, 7) is 6.35. The molecule has 1 nitrogen and oxygen atoms in total. The molecule has 0 aromatic carbocycles. The van der Waals surface area contributed by atoms with Gasteiger partial charge in [0.25, 0.3) is 0 Å². The molecule has 2 unspecified atom stereocenters. The summed E-state index contributed by atoms with van der Waals surface area (Å²) in [5, 5.41) is 3.55. The van der Waals surface area contributed by atoms with Crippen LogP contribution < -0.4 is 0 Å². The largest absolute Gasteiger partial charge is 0.247 e. The molecule has 2 atom stereocenters. The Labute approximate surface area is 89.1 Å². The fraction of sp³-hybridized carbons (Fsp3) is 0.700. The lowest BCUT2D eigenvalue weighted by molar-refractivity contribution is 0.526. The average Bonchev–Trinajstić information content (AvgIpc) is 2.49. The Kier molecular flexibility index (Phi) is 4.20. The summed E-state index contributed by atoms with van der Waals surface area (Å²) in [6.07, 6.45) is 2.04. The predicted octanol–water partition coefficient (Wildman–Crippen LogP) is 3.65. The van der Waals surface area contributed by atoms with E-state index in [0.717, 1.165) is 17.8 Å². The Hall–Kier alpha value is -0.0800. The van der Waals surface area contributed by atoms with Crippen LogP contribution in [0.3, 0.4) is 0 Å². The molecule has 0 saturated heterocycles. The van der Waals surface area contributed by atoms with Gasteiger partial charge in [0.05, 0.1) is 10.7 Å². The maximum absolute atomic E-state index is 6.15. The second-order valence-electron chi connectivity index (χ2n) is 3.46. The van der Waals surface area contributed by atoms with Crippen molar-refractivity contribution in [3.63, 3.8) is 0 Å². The number of aryl methyl sites for hydroxylation is 1. The molecule has 0 bridgehead atoms. The van der Waals surface area contributed by atoms with Gasteiger partial charge in [0.1, 0.15) is 0 Å². The van der Waals surface area contributed by atoms with Crippen molar-refractivity contribution in [1.82, 2.24) is 4.98 Å². The van der Waals surface area contributed by atoms with Gasteiger partial charge < -0.3 is 0 Å². The van der Waals surface area contributed by atoms with Gasteiger partial charge >= 0.3 is 0 Å². The van der Waals surface area contributed by atoms with E-state index in [2.05, 4.69) is 24.2 Å². The van der Waals surface area contributed by atoms with Gasteiger partial charge in [-0.1, -0.05) is 13.8 Å². The highest BCUT2D eigenvalue weighted by atomic mass is 35.5. The van der Waals surface area contributed by atoms with Crippen LogP contribution in [0, 0.1) is 12.8 Å². The van der Waals surface area contributed by atoms with E-state index in [-0.39, 0.29) is 5.38 Å². The minimum atomic E-state index is 0.280. The molecule has 0 aliphatic carbocycles. The standard InChI is InChI=1S/C10H16ClNS/c1-4-10(11)7(2)5-9-6-13-8(3)12-9/h6-7,10H,4-5H2,1-3H3. The topological polar surface area (TPSA) is 12.9 Å². The molecule has 0 saturated carbocycles. The second kappa shape index (κ2) is 4.97. The van der Waals surface area contributed by atoms with Crippen molar-refractivity contribution < 1.29 is 0 Å². The van der Waals surface area contributed by atoms with Gasteiger partial charge in [0, 0.05) is 10.8 Å². The molecule has 0 amide bonds. The number of thiazole rings is 1. The minimum absolute atomic E-state index is 0.280. The van der Waals surface area contributed by atoms with Crippen molar-refractivity contribution >= 4 is 22.9 Å². The maximum Gasteiger partial charge on any atom is 0.0897 e. The van der Waals surface area contributed by atoms with Crippen LogP contribution in [0.4, 0.5) is 0 Å². The molecule has 1 aromatic rings. The second-order valence-corrected chi connectivity index (χ2v) is 5.09. The number of rotatable bonds is 4. The summed E-state index contributed by atoms with van der Waals surface area (Å²) in [5.74, 6) is 0.521. The third-order valence-electron chi connectivity index (χ3n) is 2.21. The Bertz CT molecular complexity index is 259. The van der Waals surface area contributed by atoms with Gasteiger partial charge in [-0.05, 0) is 25.7 Å². The molecule has 0 spiro atoms. The summed E-state index contributed by atoms with van der Waals surface area (Å²) in [7, 11) is 0. The fourth-order valence-electron chi connectivity index (χ4n) is 1.36. The van der Waals surface area contributed by atoms with E-state index in [0.29, 0.717) is 5.92 Å². The van der Waals surface area contributed by atoms with Crippen molar-refractivity contribution in [3.8, 4) is 0 Å². The van der Waals surface area contributed by atoms with Crippen molar-refractivity contribution in [2.24, 2.45) is 5.92 Å². The Morgan fingerprint density at radius 3 is 2.77 bits per heavy atom. The first kappa shape index (κ1) is 11.0. The van der Waals surface area contributed by atoms with E-state index < -0.39 is 0 Å². The highest BCUT2D eigenvalue weighted by molar-refractivity contribution is 7.09. The molecular formula is C10H16ClNS. The van der Waals surface area contributed by atoms with Crippen molar-refractivity contribution in [1.29, 1.82) is 0 Å². The van der Waals surface area contributed by atoms with Gasteiger partial charge in [-0.25, -0.2) is 4.98 Å². The number of nitrogens with zero attached hydrogens (tertiary/aromatic N) is 1. The van der Waals surface area contributed by atoms with Crippen LogP contribution in [-0.4, -0.2) is 10.4 Å². The van der Waals surface area contributed by atoms with Crippen LogP contribution in [0.1, 0.15) is 31.0 Å². The lowest BCUT2D eigenvalue weighted by Gasteiger charge is -2.14. The molecule has 0 N–H and O–H groups in total. The zero-order chi connectivity index (χ0) is 9.84. The summed E-state index contributed by atoms with van der Waals surface area (Å²) < 4.78 is 0. The van der Waals surface area contributed by atoms with E-state index in [4.69, 9.17) is 11.6 Å². The molecule has 13 heavy (non-hydrogen) atoms. The van der Waals surface area contributed by atoms with Crippen molar-refractivity contribution in [3.05, 3.63) is 16.1 Å². The van der Waals surface area contributed by atoms with Crippen LogP contribution in [0.5, 0.6) is 0 Å². The maximum atomic E-state index is 6.15. The van der Waals surface area contributed by atoms with Gasteiger partial charge in [0.2, 0.25) is 0 Å². The zero-order valence-corrected chi connectivity index (χ0v) is 9.95. The van der Waals surface area contributed by atoms with E-state index in [1.54, 1.807) is 11.3 Å². The quantitative estimate of drug-likeness (QED) is 0.702. The van der Waals surface area contributed by atoms with Crippen molar-refractivity contribution in [2.75, 3.05) is 0 Å². The highest BCUT2D eigenvalue weighted by Gasteiger charge is 2.13. The fourth-order valence-corrected chi connectivity index (χ4v) is 2.08. The number of aromatic nitrogens is 1. The molecule has 0 radical (unpaired) electrons. The zero-order valence-electron chi connectivity index (χ0n) is 8.38. The van der Waals surface area contributed by atoms with Crippen molar-refractivity contribution in [2.45, 2.75) is 39.0 Å². The Balaban J connectivity index is 2.49. The summed E-state index contributed by atoms with van der Waals surface area (Å²) in [4.78, 5) is 4.43. The first-order valence-corrected chi connectivity index (χ1v) is 6.00. The number of alkyl halides is 1. The molecule has 3 heteroatoms. The van der Waals surface area contributed by atoms with Crippen LogP contribution in [0.15, 0.2) is 5.38 Å². The molecule has 74 valence electrons. The predicted molar refractivity (Wildman–Crippen MR) is 59.7 cm³/mol. The normalized spacial score (nSPS) is 15.7.